The van der Waals surface area contributed by atoms with E-state index in [0.717, 1.165) is 38.2 Å². The maximum Gasteiger partial charge on any atom is 0.311 e. The van der Waals surface area contributed by atoms with Crippen LogP contribution in [0, 0.1) is 10.1 Å². The molecule has 0 aliphatic carbocycles. The molecule has 6 heteroatoms. The number of hydrogen-bond donors (Lipinski definition) is 1. The van der Waals surface area contributed by atoms with Crippen molar-refractivity contribution in [2.45, 2.75) is 25.4 Å². The molecule has 1 aliphatic heterocycles. The second-order valence-corrected chi connectivity index (χ2v) is 6.35. The van der Waals surface area contributed by atoms with Gasteiger partial charge in [0, 0.05) is 37.0 Å². The van der Waals surface area contributed by atoms with Gasteiger partial charge in [0.15, 0.2) is 5.75 Å². The Balaban J connectivity index is 1.63. The fourth-order valence-corrected chi connectivity index (χ4v) is 3.31. The second kappa shape index (κ2) is 7.98. The Kier molecular flexibility index (Phi) is 5.50. The van der Waals surface area contributed by atoms with Gasteiger partial charge in [-0.05, 0) is 31.0 Å². The van der Waals surface area contributed by atoms with E-state index < -0.39 is 4.92 Å². The van der Waals surface area contributed by atoms with Crippen molar-refractivity contribution in [1.29, 1.82) is 0 Å². The summed E-state index contributed by atoms with van der Waals surface area (Å²) in [6.07, 6.45) is 2.22. The van der Waals surface area contributed by atoms with Gasteiger partial charge in [0.2, 0.25) is 0 Å². The summed E-state index contributed by atoms with van der Waals surface area (Å²) < 4.78 is 5.14. The minimum atomic E-state index is -0.426. The monoisotopic (exact) mass is 341 g/mol. The number of benzene rings is 2. The van der Waals surface area contributed by atoms with E-state index in [1.165, 1.54) is 18.7 Å². The molecule has 1 atom stereocenters. The molecule has 2 aromatic rings. The standard InChI is InChI=1S/C19H23N3O3/c1-25-19-12-16(9-10-18(19)22(23)24)20-17-8-5-11-21(14-17)13-15-6-3-2-4-7-15/h2-4,6-7,9-10,12,17,20H,5,8,11,13-14H2,1H3. The number of likely N-dealkylation sites (tertiary alicyclic amines) is 1. The Morgan fingerprint density at radius 2 is 2.08 bits per heavy atom. The Morgan fingerprint density at radius 3 is 2.80 bits per heavy atom. The van der Waals surface area contributed by atoms with Gasteiger partial charge in [-0.2, -0.15) is 0 Å². The van der Waals surface area contributed by atoms with E-state index in [9.17, 15) is 10.1 Å². The van der Waals surface area contributed by atoms with Gasteiger partial charge < -0.3 is 10.1 Å². The summed E-state index contributed by atoms with van der Waals surface area (Å²) in [5.74, 6) is 0.284. The highest BCUT2D eigenvalue weighted by atomic mass is 16.6. The normalized spacial score (nSPS) is 17.9. The molecule has 0 amide bonds. The summed E-state index contributed by atoms with van der Waals surface area (Å²) in [4.78, 5) is 13.0. The van der Waals surface area contributed by atoms with Gasteiger partial charge in [0.1, 0.15) is 0 Å². The van der Waals surface area contributed by atoms with Crippen LogP contribution in [0.2, 0.25) is 0 Å². The van der Waals surface area contributed by atoms with Crippen molar-refractivity contribution >= 4 is 11.4 Å². The fraction of sp³-hybridized carbons (Fsp3) is 0.368. The van der Waals surface area contributed by atoms with Crippen molar-refractivity contribution < 1.29 is 9.66 Å². The zero-order chi connectivity index (χ0) is 17.6. The molecule has 0 radical (unpaired) electrons. The Morgan fingerprint density at radius 1 is 1.28 bits per heavy atom. The van der Waals surface area contributed by atoms with Crippen molar-refractivity contribution in [2.24, 2.45) is 0 Å². The van der Waals surface area contributed by atoms with E-state index in [2.05, 4.69) is 34.5 Å². The molecule has 1 saturated heterocycles. The van der Waals surface area contributed by atoms with Crippen molar-refractivity contribution in [1.82, 2.24) is 4.90 Å². The largest absolute Gasteiger partial charge is 0.490 e. The van der Waals surface area contributed by atoms with Crippen LogP contribution in [0.1, 0.15) is 18.4 Å². The Bertz CT molecular complexity index is 721. The molecule has 1 aliphatic rings. The van der Waals surface area contributed by atoms with Crippen molar-refractivity contribution in [3.63, 3.8) is 0 Å². The topological polar surface area (TPSA) is 67.6 Å². The third-order valence-electron chi connectivity index (χ3n) is 4.50. The van der Waals surface area contributed by atoms with E-state index in [4.69, 9.17) is 4.74 Å². The SMILES string of the molecule is COc1cc(NC2CCCN(Cc3ccccc3)C2)ccc1[N+](=O)[O-]. The summed E-state index contributed by atoms with van der Waals surface area (Å²) >= 11 is 0. The molecule has 132 valence electrons. The van der Waals surface area contributed by atoms with Crippen LogP contribution in [0.25, 0.3) is 0 Å². The first-order valence-corrected chi connectivity index (χ1v) is 8.51. The van der Waals surface area contributed by atoms with Crippen LogP contribution in [0.4, 0.5) is 11.4 Å². The molecule has 3 rings (SSSR count). The van der Waals surface area contributed by atoms with Crippen LogP contribution in [0.15, 0.2) is 48.5 Å². The Labute approximate surface area is 147 Å². The second-order valence-electron chi connectivity index (χ2n) is 6.35. The summed E-state index contributed by atoms with van der Waals surface area (Å²) in [6, 6.07) is 15.7. The van der Waals surface area contributed by atoms with Crippen LogP contribution < -0.4 is 10.1 Å². The van der Waals surface area contributed by atoms with Crippen LogP contribution in [-0.4, -0.2) is 36.1 Å². The van der Waals surface area contributed by atoms with Crippen molar-refractivity contribution in [3.05, 3.63) is 64.2 Å². The number of anilines is 1. The molecule has 0 saturated carbocycles. The van der Waals surface area contributed by atoms with Gasteiger partial charge in [-0.3, -0.25) is 15.0 Å². The number of hydrogen-bond acceptors (Lipinski definition) is 5. The number of nitro groups is 1. The molecule has 1 N–H and O–H groups in total. The zero-order valence-electron chi connectivity index (χ0n) is 14.4. The highest BCUT2D eigenvalue weighted by Gasteiger charge is 2.21. The molecule has 2 aromatic carbocycles. The summed E-state index contributed by atoms with van der Waals surface area (Å²) in [5.41, 5.74) is 2.16. The Hall–Kier alpha value is -2.60. The number of nitrogens with zero attached hydrogens (tertiary/aromatic N) is 2. The first-order chi connectivity index (χ1) is 12.2. The lowest BCUT2D eigenvalue weighted by atomic mass is 10.0. The predicted octanol–water partition coefficient (Wildman–Crippen LogP) is 3.68. The zero-order valence-corrected chi connectivity index (χ0v) is 14.4. The first-order valence-electron chi connectivity index (χ1n) is 8.51. The number of piperidine rings is 1. The number of nitrogens with one attached hydrogen (secondary N) is 1. The average Bonchev–Trinajstić information content (AvgIpc) is 2.62. The van der Waals surface area contributed by atoms with Crippen LogP contribution in [-0.2, 0) is 6.54 Å². The summed E-state index contributed by atoms with van der Waals surface area (Å²) in [5, 5.41) is 14.5. The van der Waals surface area contributed by atoms with Gasteiger partial charge >= 0.3 is 5.69 Å². The molecule has 0 spiro atoms. The highest BCUT2D eigenvalue weighted by molar-refractivity contribution is 5.58. The van der Waals surface area contributed by atoms with Gasteiger partial charge in [0.05, 0.1) is 12.0 Å². The maximum absolute atomic E-state index is 11.0. The summed E-state index contributed by atoms with van der Waals surface area (Å²) in [7, 11) is 1.45. The minimum Gasteiger partial charge on any atom is -0.490 e. The lowest BCUT2D eigenvalue weighted by molar-refractivity contribution is -0.385. The van der Waals surface area contributed by atoms with Crippen molar-refractivity contribution in [3.8, 4) is 5.75 Å². The van der Waals surface area contributed by atoms with Gasteiger partial charge in [-0.1, -0.05) is 30.3 Å². The van der Waals surface area contributed by atoms with Crippen molar-refractivity contribution in [2.75, 3.05) is 25.5 Å². The maximum atomic E-state index is 11.0. The smallest absolute Gasteiger partial charge is 0.311 e. The molecule has 1 unspecified atom stereocenters. The van der Waals surface area contributed by atoms with E-state index in [1.54, 1.807) is 12.1 Å². The minimum absolute atomic E-state index is 0.0117. The van der Waals surface area contributed by atoms with Crippen LogP contribution in [0.5, 0.6) is 5.75 Å². The van der Waals surface area contributed by atoms with Gasteiger partial charge in [-0.25, -0.2) is 0 Å². The number of nitro benzene ring substituents is 1. The van der Waals surface area contributed by atoms with E-state index in [-0.39, 0.29) is 11.4 Å². The third kappa shape index (κ3) is 4.48. The highest BCUT2D eigenvalue weighted by Crippen LogP contribution is 2.30. The fourth-order valence-electron chi connectivity index (χ4n) is 3.31. The van der Waals surface area contributed by atoms with Crippen LogP contribution >= 0.6 is 0 Å². The number of ether oxygens (including phenoxy) is 1. The molecule has 1 fully saturated rings. The molecular weight excluding hydrogens is 318 g/mol. The average molecular weight is 341 g/mol. The van der Waals surface area contributed by atoms with Gasteiger partial charge in [0.25, 0.3) is 0 Å². The van der Waals surface area contributed by atoms with E-state index >= 15 is 0 Å². The number of methoxy groups -OCH3 is 1. The molecular formula is C19H23N3O3. The number of rotatable bonds is 6. The third-order valence-corrected chi connectivity index (χ3v) is 4.50. The molecule has 0 bridgehead atoms. The lowest BCUT2D eigenvalue weighted by Gasteiger charge is -2.33. The quantitative estimate of drug-likeness (QED) is 0.641. The molecule has 1 heterocycles. The van der Waals surface area contributed by atoms with E-state index in [0.29, 0.717) is 6.04 Å². The van der Waals surface area contributed by atoms with Gasteiger partial charge in [-0.15, -0.1) is 0 Å². The lowest BCUT2D eigenvalue weighted by Crippen LogP contribution is -2.41. The first kappa shape index (κ1) is 17.2. The van der Waals surface area contributed by atoms with E-state index in [1.807, 2.05) is 6.07 Å². The molecule has 25 heavy (non-hydrogen) atoms. The summed E-state index contributed by atoms with van der Waals surface area (Å²) in [6.45, 7) is 2.99. The molecule has 0 aromatic heterocycles. The van der Waals surface area contributed by atoms with Crippen LogP contribution in [0.3, 0.4) is 0 Å². The molecule has 6 nitrogen and oxygen atoms in total. The predicted molar refractivity (Wildman–Crippen MR) is 98.0 cm³/mol.